The minimum atomic E-state index is -0.0378. The monoisotopic (exact) mass is 539 g/mol. The Morgan fingerprint density at radius 1 is 0.707 bits per heavy atom. The zero-order chi connectivity index (χ0) is 28.8. The van der Waals surface area contributed by atoms with Gasteiger partial charge in [0.15, 0.2) is 5.71 Å². The Labute approximate surface area is 246 Å². The molecule has 0 atom stereocenters. The van der Waals surface area contributed by atoms with Gasteiger partial charge in [0.05, 0.1) is 5.41 Å². The van der Waals surface area contributed by atoms with Crippen LogP contribution in [0.1, 0.15) is 65.5 Å². The third-order valence-corrected chi connectivity index (χ3v) is 9.31. The van der Waals surface area contributed by atoms with Crippen LogP contribution in [0.2, 0.25) is 0 Å². The number of unbranched alkanes of at least 4 members (excludes halogenated alkanes) is 1. The van der Waals surface area contributed by atoms with Crippen molar-refractivity contribution in [2.75, 3.05) is 18.0 Å². The molecule has 0 fully saturated rings. The Balaban J connectivity index is 1.19. The van der Waals surface area contributed by atoms with Crippen LogP contribution >= 0.6 is 0 Å². The average molecular weight is 540 g/mol. The fourth-order valence-electron chi connectivity index (χ4n) is 7.39. The molecule has 2 heterocycles. The van der Waals surface area contributed by atoms with Gasteiger partial charge in [-0.1, -0.05) is 86.7 Å². The summed E-state index contributed by atoms with van der Waals surface area (Å²) in [4.78, 5) is 2.49. The van der Waals surface area contributed by atoms with E-state index in [2.05, 4.69) is 154 Å². The number of likely N-dealkylation sites (N-methyl/N-ethyl adjacent to an activating group) is 1. The zero-order valence-electron chi connectivity index (χ0n) is 25.5. The first kappa shape index (κ1) is 27.3. The molecule has 2 nitrogen and oxygen atoms in total. The van der Waals surface area contributed by atoms with E-state index in [1.54, 1.807) is 0 Å². The van der Waals surface area contributed by atoms with Crippen molar-refractivity contribution >= 4 is 38.6 Å². The zero-order valence-corrected chi connectivity index (χ0v) is 25.5. The van der Waals surface area contributed by atoms with E-state index < -0.39 is 0 Å². The highest BCUT2D eigenvalue weighted by molar-refractivity contribution is 6.07. The molecule has 208 valence electrons. The van der Waals surface area contributed by atoms with Crippen molar-refractivity contribution in [3.05, 3.63) is 120 Å². The molecule has 0 radical (unpaired) electrons. The minimum Gasteiger partial charge on any atom is -0.344 e. The van der Waals surface area contributed by atoms with E-state index in [9.17, 15) is 0 Å². The van der Waals surface area contributed by atoms with Crippen LogP contribution in [0.3, 0.4) is 0 Å². The van der Waals surface area contributed by atoms with E-state index in [0.717, 1.165) is 25.9 Å². The van der Waals surface area contributed by atoms with E-state index >= 15 is 0 Å². The maximum absolute atomic E-state index is 2.50. The first-order chi connectivity index (χ1) is 19.8. The number of anilines is 1. The number of rotatable bonds is 7. The van der Waals surface area contributed by atoms with Gasteiger partial charge in [-0.3, -0.25) is 0 Å². The molecule has 0 aliphatic carbocycles. The molecule has 0 saturated heterocycles. The third-order valence-electron chi connectivity index (χ3n) is 9.31. The molecule has 0 spiro atoms. The van der Waals surface area contributed by atoms with Crippen molar-refractivity contribution in [1.29, 1.82) is 0 Å². The van der Waals surface area contributed by atoms with Gasteiger partial charge in [-0.15, -0.1) is 0 Å². The third kappa shape index (κ3) is 4.36. The maximum Gasteiger partial charge on any atom is 0.210 e. The number of hydrogen-bond acceptors (Lipinski definition) is 1. The molecule has 6 rings (SSSR count). The second-order valence-electron chi connectivity index (χ2n) is 12.4. The van der Waals surface area contributed by atoms with Crippen LogP contribution in [0, 0.1) is 0 Å². The SMILES string of the molecule is CCN1/C(=C/C=C/CC/C=C/C2=[N+](CC)c3ccc4ccccc4c3C2(C)C)C(C)(C)c2c1ccc1ccccc21. The van der Waals surface area contributed by atoms with Crippen LogP contribution in [0.15, 0.2) is 109 Å². The van der Waals surface area contributed by atoms with Crippen LogP contribution in [0.4, 0.5) is 11.4 Å². The van der Waals surface area contributed by atoms with Crippen LogP contribution in [0.5, 0.6) is 0 Å². The van der Waals surface area contributed by atoms with Crippen LogP contribution in [-0.2, 0) is 10.8 Å². The molecule has 2 heteroatoms. The van der Waals surface area contributed by atoms with Crippen molar-refractivity contribution in [2.45, 2.75) is 65.2 Å². The van der Waals surface area contributed by atoms with Gasteiger partial charge in [0.1, 0.15) is 6.54 Å². The molecule has 0 aromatic heterocycles. The molecular weight excluding hydrogens is 496 g/mol. The standard InChI is InChI=1S/C39H43N2/c1-7-40-32-26-24-28-18-14-16-20-30(28)36(32)38(3,4)34(40)22-12-10-9-11-13-23-35-39(5,6)37-31-21-17-15-19-29(31)25-27-33(37)41(35)8-2/h10,12-27H,7-9,11H2,1-6H3/q+1/b12-10+,23-13+,34-22+. The van der Waals surface area contributed by atoms with E-state index in [0.29, 0.717) is 0 Å². The van der Waals surface area contributed by atoms with Gasteiger partial charge in [-0.2, -0.15) is 4.58 Å². The summed E-state index contributed by atoms with van der Waals surface area (Å²) in [6.07, 6.45) is 13.7. The normalized spacial score (nSPS) is 18.5. The molecule has 0 unspecified atom stereocenters. The summed E-state index contributed by atoms with van der Waals surface area (Å²) >= 11 is 0. The fourth-order valence-corrected chi connectivity index (χ4v) is 7.39. The number of allylic oxidation sites excluding steroid dienone is 6. The van der Waals surface area contributed by atoms with Gasteiger partial charge < -0.3 is 4.90 Å². The summed E-state index contributed by atoms with van der Waals surface area (Å²) in [5, 5.41) is 5.39. The molecule has 0 saturated carbocycles. The number of nitrogens with zero attached hydrogens (tertiary/aromatic N) is 2. The van der Waals surface area contributed by atoms with E-state index in [1.807, 2.05) is 0 Å². The van der Waals surface area contributed by atoms with E-state index in [1.165, 1.54) is 55.5 Å². The molecular formula is C39H43N2+. The first-order valence-corrected chi connectivity index (χ1v) is 15.3. The van der Waals surface area contributed by atoms with E-state index in [-0.39, 0.29) is 10.8 Å². The lowest BCUT2D eigenvalue weighted by molar-refractivity contribution is -0.433. The van der Waals surface area contributed by atoms with Crippen LogP contribution in [-0.4, -0.2) is 23.4 Å². The lowest BCUT2D eigenvalue weighted by Crippen LogP contribution is -2.27. The number of benzene rings is 4. The van der Waals surface area contributed by atoms with Crippen LogP contribution in [0.25, 0.3) is 21.5 Å². The summed E-state index contributed by atoms with van der Waals surface area (Å²) in [6, 6.07) is 26.8. The average Bonchev–Trinajstić information content (AvgIpc) is 3.34. The predicted molar refractivity (Wildman–Crippen MR) is 178 cm³/mol. The van der Waals surface area contributed by atoms with Gasteiger partial charge >= 0.3 is 0 Å². The molecule has 0 bridgehead atoms. The van der Waals surface area contributed by atoms with Gasteiger partial charge in [-0.25, -0.2) is 0 Å². The summed E-state index contributed by atoms with van der Waals surface area (Å²) in [5.41, 5.74) is 8.32. The highest BCUT2D eigenvalue weighted by atomic mass is 15.2. The summed E-state index contributed by atoms with van der Waals surface area (Å²) in [6.45, 7) is 16.0. The Kier molecular flexibility index (Phi) is 6.98. The van der Waals surface area contributed by atoms with Crippen LogP contribution < -0.4 is 4.90 Å². The highest BCUT2D eigenvalue weighted by Gasteiger charge is 2.45. The molecule has 0 amide bonds. The van der Waals surface area contributed by atoms with Gasteiger partial charge in [0, 0.05) is 41.1 Å². The minimum absolute atomic E-state index is 0.0280. The maximum atomic E-state index is 2.50. The fraction of sp³-hybridized carbons (Fsp3) is 0.308. The lowest BCUT2D eigenvalue weighted by atomic mass is 9.79. The van der Waals surface area contributed by atoms with Crippen molar-refractivity contribution in [1.82, 2.24) is 0 Å². The summed E-state index contributed by atoms with van der Waals surface area (Å²) < 4.78 is 2.50. The molecule has 2 aliphatic heterocycles. The summed E-state index contributed by atoms with van der Waals surface area (Å²) in [5.74, 6) is 0. The van der Waals surface area contributed by atoms with Crippen molar-refractivity contribution in [3.63, 3.8) is 0 Å². The topological polar surface area (TPSA) is 6.25 Å². The van der Waals surface area contributed by atoms with Crippen molar-refractivity contribution in [2.24, 2.45) is 0 Å². The Hall–Kier alpha value is -3.91. The molecule has 0 N–H and O–H groups in total. The quantitative estimate of drug-likeness (QED) is 0.167. The molecule has 41 heavy (non-hydrogen) atoms. The highest BCUT2D eigenvalue weighted by Crippen LogP contribution is 2.50. The smallest absolute Gasteiger partial charge is 0.210 e. The van der Waals surface area contributed by atoms with Crippen molar-refractivity contribution < 1.29 is 4.58 Å². The second kappa shape index (κ2) is 10.5. The Morgan fingerprint density at radius 3 is 2.02 bits per heavy atom. The predicted octanol–water partition coefficient (Wildman–Crippen LogP) is 9.98. The van der Waals surface area contributed by atoms with Gasteiger partial charge in [0.25, 0.3) is 0 Å². The van der Waals surface area contributed by atoms with E-state index in [4.69, 9.17) is 0 Å². The van der Waals surface area contributed by atoms with Gasteiger partial charge in [-0.05, 0) is 85.9 Å². The number of fused-ring (bicyclic) bond motifs is 6. The first-order valence-electron chi connectivity index (χ1n) is 15.3. The van der Waals surface area contributed by atoms with Crippen molar-refractivity contribution in [3.8, 4) is 0 Å². The number of hydrogen-bond donors (Lipinski definition) is 0. The molecule has 4 aromatic carbocycles. The largest absolute Gasteiger partial charge is 0.344 e. The summed E-state index contributed by atoms with van der Waals surface area (Å²) in [7, 11) is 0. The Bertz CT molecular complexity index is 1760. The Morgan fingerprint density at radius 2 is 1.34 bits per heavy atom. The molecule has 2 aliphatic rings. The molecule has 4 aromatic rings. The van der Waals surface area contributed by atoms with Gasteiger partial charge in [0.2, 0.25) is 5.69 Å². The second-order valence-corrected chi connectivity index (χ2v) is 12.4. The lowest BCUT2D eigenvalue weighted by Gasteiger charge is -2.26.